The van der Waals surface area contributed by atoms with Crippen LogP contribution in [0.25, 0.3) is 0 Å². The second-order valence-electron chi connectivity index (χ2n) is 7.92. The molecule has 0 aliphatic carbocycles. The van der Waals surface area contributed by atoms with Crippen LogP contribution in [0.15, 0.2) is 66.1 Å². The Morgan fingerprint density at radius 1 is 1.03 bits per heavy atom. The molecule has 2 aliphatic heterocycles. The Kier molecular flexibility index (Phi) is 7.62. The predicted molar refractivity (Wildman–Crippen MR) is 132 cm³/mol. The van der Waals surface area contributed by atoms with E-state index in [2.05, 4.69) is 5.32 Å². The summed E-state index contributed by atoms with van der Waals surface area (Å²) < 4.78 is 1.65. The highest BCUT2D eigenvalue weighted by Crippen LogP contribution is 2.29. The van der Waals surface area contributed by atoms with Gasteiger partial charge in [-0.2, -0.15) is 14.3 Å². The number of benzene rings is 2. The minimum atomic E-state index is -0.401. The maximum absolute atomic E-state index is 13.2. The maximum atomic E-state index is 13.2. The van der Waals surface area contributed by atoms with Gasteiger partial charge in [-0.25, -0.2) is 4.79 Å². The molecule has 6 nitrogen and oxygen atoms in total. The van der Waals surface area contributed by atoms with E-state index in [0.29, 0.717) is 43.1 Å². The molecule has 2 heterocycles. The normalized spacial score (nSPS) is 17.5. The minimum absolute atomic E-state index is 0.0371. The standard InChI is InChI=1S/C25H24ClN3O3S/c26-20-12-7-6-9-18(20)17-29-21-14-16-33-23(21)24(31)28(25(29)32)15-8-2-5-13-22(30)27-19-10-3-1-4-11-19/h1,3-4,6-7,9-12,14,16,23H,2,5,8,13,15,17H2/p+1. The number of nitrogens with one attached hydrogen (secondary N) is 1. The quantitative estimate of drug-likeness (QED) is 0.399. The summed E-state index contributed by atoms with van der Waals surface area (Å²) in [4.78, 5) is 39.6. The van der Waals surface area contributed by atoms with Crippen LogP contribution in [0.1, 0.15) is 31.2 Å². The molecule has 2 aliphatic rings. The fourth-order valence-electron chi connectivity index (χ4n) is 3.89. The van der Waals surface area contributed by atoms with Crippen molar-refractivity contribution in [3.63, 3.8) is 0 Å². The summed E-state index contributed by atoms with van der Waals surface area (Å²) in [5, 5.41) is 4.92. The number of imide groups is 1. The summed E-state index contributed by atoms with van der Waals surface area (Å²) in [7, 11) is 0. The van der Waals surface area contributed by atoms with Gasteiger partial charge in [-0.3, -0.25) is 4.79 Å². The molecule has 0 fully saturated rings. The van der Waals surface area contributed by atoms with Crippen molar-refractivity contribution in [2.45, 2.75) is 37.5 Å². The fourth-order valence-corrected chi connectivity index (χ4v) is 5.05. The van der Waals surface area contributed by atoms with Crippen LogP contribution in [0, 0.1) is 0 Å². The highest BCUT2D eigenvalue weighted by molar-refractivity contribution is 8.04. The first-order chi connectivity index (χ1) is 16.0. The van der Waals surface area contributed by atoms with E-state index in [9.17, 15) is 14.4 Å². The lowest BCUT2D eigenvalue weighted by Gasteiger charge is -2.24. The van der Waals surface area contributed by atoms with Gasteiger partial charge in [0.25, 0.3) is 0 Å². The fraction of sp³-hybridized carbons (Fsp3) is 0.280. The highest BCUT2D eigenvalue weighted by atomic mass is 35.5. The molecule has 0 saturated carbocycles. The van der Waals surface area contributed by atoms with Gasteiger partial charge in [-0.15, -0.1) is 11.8 Å². The van der Waals surface area contributed by atoms with Gasteiger partial charge in [0, 0.05) is 22.7 Å². The van der Waals surface area contributed by atoms with Crippen molar-refractivity contribution in [3.8, 4) is 0 Å². The van der Waals surface area contributed by atoms with Crippen LogP contribution in [0.5, 0.6) is 0 Å². The third-order valence-corrected chi connectivity index (χ3v) is 6.99. The predicted octanol–water partition coefficient (Wildman–Crippen LogP) is 5.08. The zero-order valence-electron chi connectivity index (χ0n) is 18.1. The van der Waals surface area contributed by atoms with Crippen molar-refractivity contribution in [2.24, 2.45) is 0 Å². The van der Waals surface area contributed by atoms with Crippen LogP contribution in [0.3, 0.4) is 0 Å². The molecule has 0 saturated heterocycles. The van der Waals surface area contributed by atoms with Crippen molar-refractivity contribution in [3.05, 3.63) is 76.7 Å². The summed E-state index contributed by atoms with van der Waals surface area (Å²) in [6, 6.07) is 16.4. The third-order valence-electron chi connectivity index (χ3n) is 5.62. The number of allylic oxidation sites excluding steroid dienone is 1. The average Bonchev–Trinajstić information content (AvgIpc) is 3.30. The molecule has 1 atom stereocenters. The Morgan fingerprint density at radius 2 is 1.79 bits per heavy atom. The molecule has 8 heteroatoms. The van der Waals surface area contributed by atoms with Crippen molar-refractivity contribution < 1.29 is 19.0 Å². The molecule has 1 unspecified atom stereocenters. The topological polar surface area (TPSA) is 69.5 Å². The molecule has 0 bridgehead atoms. The van der Waals surface area contributed by atoms with Gasteiger partial charge in [-0.1, -0.05) is 48.0 Å². The van der Waals surface area contributed by atoms with Crippen molar-refractivity contribution >= 4 is 52.6 Å². The number of carbonyl (C=O) groups is 3. The number of hydrogen-bond donors (Lipinski definition) is 1. The van der Waals surface area contributed by atoms with E-state index in [1.807, 2.05) is 60.0 Å². The van der Waals surface area contributed by atoms with E-state index in [1.165, 1.54) is 16.7 Å². The Balaban J connectivity index is 1.33. The van der Waals surface area contributed by atoms with Gasteiger partial charge in [0.05, 0.1) is 6.54 Å². The van der Waals surface area contributed by atoms with Crippen LogP contribution in [-0.4, -0.2) is 44.8 Å². The number of nitrogens with zero attached hydrogens (tertiary/aromatic N) is 2. The summed E-state index contributed by atoms with van der Waals surface area (Å²) in [6.45, 7) is 0.653. The first kappa shape index (κ1) is 23.3. The Morgan fingerprint density at radius 3 is 2.58 bits per heavy atom. The molecular formula is C25H25ClN3O3S+. The van der Waals surface area contributed by atoms with Crippen molar-refractivity contribution in [2.75, 3.05) is 11.9 Å². The minimum Gasteiger partial charge on any atom is -0.326 e. The van der Waals surface area contributed by atoms with Gasteiger partial charge >= 0.3 is 11.9 Å². The number of unbranched alkanes of at least 4 members (excludes halogenated alkanes) is 2. The Hall–Kier alpha value is -2.90. The number of anilines is 1. The highest BCUT2D eigenvalue weighted by Gasteiger charge is 2.48. The largest absolute Gasteiger partial charge is 0.501 e. The Bertz CT molecular complexity index is 1120. The second kappa shape index (κ2) is 10.8. The second-order valence-corrected chi connectivity index (χ2v) is 9.34. The van der Waals surface area contributed by atoms with Gasteiger partial charge in [0.15, 0.2) is 5.25 Å². The summed E-state index contributed by atoms with van der Waals surface area (Å²) >= 11 is 7.73. The smallest absolute Gasteiger partial charge is 0.326 e. The third kappa shape index (κ3) is 5.54. The lowest BCUT2D eigenvalue weighted by atomic mass is 10.1. The number of fused-ring (bicyclic) bond motifs is 1. The molecule has 33 heavy (non-hydrogen) atoms. The van der Waals surface area contributed by atoms with Gasteiger partial charge in [0.2, 0.25) is 5.91 Å². The van der Waals surface area contributed by atoms with E-state index in [4.69, 9.17) is 11.6 Å². The maximum Gasteiger partial charge on any atom is 0.501 e. The molecule has 1 N–H and O–H groups in total. The lowest BCUT2D eigenvalue weighted by molar-refractivity contribution is -0.454. The zero-order valence-corrected chi connectivity index (χ0v) is 19.6. The molecular weight excluding hydrogens is 458 g/mol. The number of halogens is 1. The first-order valence-electron chi connectivity index (χ1n) is 10.9. The van der Waals surface area contributed by atoms with E-state index in [0.717, 1.165) is 17.7 Å². The van der Waals surface area contributed by atoms with E-state index in [-0.39, 0.29) is 17.8 Å². The first-order valence-corrected chi connectivity index (χ1v) is 12.3. The Labute approximate surface area is 202 Å². The van der Waals surface area contributed by atoms with E-state index < -0.39 is 5.25 Å². The van der Waals surface area contributed by atoms with Gasteiger partial charge in [0.1, 0.15) is 12.3 Å². The summed E-state index contributed by atoms with van der Waals surface area (Å²) in [5.41, 5.74) is 2.33. The van der Waals surface area contributed by atoms with Crippen LogP contribution in [-0.2, 0) is 16.1 Å². The molecule has 4 rings (SSSR count). The van der Waals surface area contributed by atoms with Crippen molar-refractivity contribution in [1.82, 2.24) is 4.90 Å². The number of para-hydroxylation sites is 1. The average molecular weight is 483 g/mol. The monoisotopic (exact) mass is 482 g/mol. The number of hydrogen-bond acceptors (Lipinski definition) is 4. The molecule has 2 aromatic carbocycles. The van der Waals surface area contributed by atoms with Crippen molar-refractivity contribution in [1.29, 1.82) is 0 Å². The van der Waals surface area contributed by atoms with Gasteiger partial charge in [-0.05, 0) is 48.9 Å². The molecule has 0 radical (unpaired) electrons. The van der Waals surface area contributed by atoms with Gasteiger partial charge < -0.3 is 5.32 Å². The summed E-state index contributed by atoms with van der Waals surface area (Å²) in [6.07, 6.45) is 4.32. The number of rotatable bonds is 9. The molecule has 0 aromatic heterocycles. The van der Waals surface area contributed by atoms with Crippen LogP contribution < -0.4 is 5.32 Å². The number of carbonyl (C=O) groups excluding carboxylic acids is 3. The van der Waals surface area contributed by atoms with Crippen LogP contribution in [0.2, 0.25) is 5.02 Å². The molecule has 0 spiro atoms. The lowest BCUT2D eigenvalue weighted by Crippen LogP contribution is -2.55. The van der Waals surface area contributed by atoms with Crippen LogP contribution >= 0.6 is 23.4 Å². The number of urea groups is 1. The number of thioether (sulfide) groups is 1. The molecule has 170 valence electrons. The SMILES string of the molecule is O=C(CCCCCN1C(=O)C2SC=CC2=[N+](Cc2ccccc2Cl)C1=O)Nc1ccccc1. The zero-order chi connectivity index (χ0) is 23.2. The summed E-state index contributed by atoms with van der Waals surface area (Å²) in [5.74, 6) is -0.216. The molecule has 4 amide bonds. The molecule has 2 aromatic rings. The van der Waals surface area contributed by atoms with E-state index >= 15 is 0 Å². The van der Waals surface area contributed by atoms with E-state index in [1.54, 1.807) is 10.6 Å². The van der Waals surface area contributed by atoms with Crippen LogP contribution in [0.4, 0.5) is 10.5 Å². The number of amides is 4.